The van der Waals surface area contributed by atoms with Gasteiger partial charge in [0, 0.05) is 11.8 Å². The first-order valence-corrected chi connectivity index (χ1v) is 5.17. The average molecular weight is 199 g/mol. The summed E-state index contributed by atoms with van der Waals surface area (Å²) in [5.41, 5.74) is 1.59. The molecule has 0 aliphatic heterocycles. The summed E-state index contributed by atoms with van der Waals surface area (Å²) < 4.78 is 0. The van der Waals surface area contributed by atoms with Crippen LogP contribution in [-0.4, -0.2) is 16.2 Å². The van der Waals surface area contributed by atoms with Gasteiger partial charge < -0.3 is 5.11 Å². The van der Waals surface area contributed by atoms with Crippen LogP contribution in [0, 0.1) is 11.8 Å². The minimum absolute atomic E-state index is 0.380. The van der Waals surface area contributed by atoms with Gasteiger partial charge in [0.15, 0.2) is 0 Å². The molecule has 1 heterocycles. The molecule has 15 heavy (non-hydrogen) atoms. The van der Waals surface area contributed by atoms with E-state index in [1.54, 1.807) is 6.20 Å². The maximum Gasteiger partial charge on any atom is 0.113 e. The van der Waals surface area contributed by atoms with Gasteiger partial charge in [-0.3, -0.25) is 0 Å². The summed E-state index contributed by atoms with van der Waals surface area (Å²) in [5, 5.41) is 9.66. The zero-order chi connectivity index (χ0) is 10.5. The van der Waals surface area contributed by atoms with Gasteiger partial charge in [0.2, 0.25) is 0 Å². The van der Waals surface area contributed by atoms with E-state index in [4.69, 9.17) is 0 Å². The lowest BCUT2D eigenvalue weighted by molar-refractivity contribution is 0.196. The number of pyridine rings is 1. The summed E-state index contributed by atoms with van der Waals surface area (Å²) in [7, 11) is 0. The van der Waals surface area contributed by atoms with E-state index in [0.29, 0.717) is 0 Å². The van der Waals surface area contributed by atoms with Crippen LogP contribution in [0.4, 0.5) is 0 Å². The molecule has 0 amide bonds. The smallest absolute Gasteiger partial charge is 0.113 e. The van der Waals surface area contributed by atoms with Gasteiger partial charge in [-0.1, -0.05) is 18.1 Å². The predicted octanol–water partition coefficient (Wildman–Crippen LogP) is 1.90. The molecule has 1 aliphatic rings. The van der Waals surface area contributed by atoms with Crippen LogP contribution in [0.5, 0.6) is 0 Å². The van der Waals surface area contributed by atoms with Crippen molar-refractivity contribution in [3.05, 3.63) is 41.7 Å². The summed E-state index contributed by atoms with van der Waals surface area (Å²) in [4.78, 5) is 4.11. The molecule has 2 rings (SSSR count). The molecule has 0 fully saturated rings. The number of hydrogen-bond acceptors (Lipinski definition) is 2. The largest absolute Gasteiger partial charge is 0.388 e. The zero-order valence-electron chi connectivity index (χ0n) is 8.48. The second-order valence-electron chi connectivity index (χ2n) is 3.57. The minimum Gasteiger partial charge on any atom is -0.388 e. The van der Waals surface area contributed by atoms with Gasteiger partial charge in [0.1, 0.15) is 5.69 Å². The van der Waals surface area contributed by atoms with Crippen molar-refractivity contribution in [2.75, 3.05) is 0 Å². The Kier molecular flexibility index (Phi) is 3.16. The van der Waals surface area contributed by atoms with Gasteiger partial charge in [-0.25, -0.2) is 4.98 Å². The third kappa shape index (κ3) is 2.68. The molecule has 0 aromatic carbocycles. The first-order chi connectivity index (χ1) is 7.36. The van der Waals surface area contributed by atoms with E-state index in [2.05, 4.69) is 16.8 Å². The zero-order valence-corrected chi connectivity index (χ0v) is 8.48. The number of rotatable bonds is 0. The van der Waals surface area contributed by atoms with Crippen LogP contribution in [0.1, 0.15) is 25.0 Å². The first-order valence-electron chi connectivity index (χ1n) is 5.17. The predicted molar refractivity (Wildman–Crippen MR) is 59.1 cm³/mol. The molecule has 76 valence electrons. The topological polar surface area (TPSA) is 33.1 Å². The lowest BCUT2D eigenvalue weighted by atomic mass is 9.97. The number of nitrogens with zero attached hydrogens (tertiary/aromatic N) is 1. The SMILES string of the molecule is OC1CCCC=C1C#Cc1ccccn1. The van der Waals surface area contributed by atoms with Gasteiger partial charge in [-0.05, 0) is 37.3 Å². The van der Waals surface area contributed by atoms with E-state index in [1.165, 1.54) is 0 Å². The number of aromatic nitrogens is 1. The molecule has 1 aromatic heterocycles. The second kappa shape index (κ2) is 4.77. The van der Waals surface area contributed by atoms with Gasteiger partial charge in [0.05, 0.1) is 6.10 Å². The molecule has 2 heteroatoms. The van der Waals surface area contributed by atoms with Crippen molar-refractivity contribution in [1.82, 2.24) is 4.98 Å². The van der Waals surface area contributed by atoms with Gasteiger partial charge in [-0.2, -0.15) is 0 Å². The summed E-state index contributed by atoms with van der Waals surface area (Å²) >= 11 is 0. The van der Waals surface area contributed by atoms with Crippen LogP contribution in [0.2, 0.25) is 0 Å². The molecule has 2 nitrogen and oxygen atoms in total. The molecule has 1 atom stereocenters. The van der Waals surface area contributed by atoms with Crippen molar-refractivity contribution in [2.45, 2.75) is 25.4 Å². The Hall–Kier alpha value is -1.59. The van der Waals surface area contributed by atoms with E-state index < -0.39 is 0 Å². The number of aliphatic hydroxyl groups is 1. The fraction of sp³-hybridized carbons (Fsp3) is 0.308. The Bertz CT molecular complexity index is 411. The third-order valence-electron chi connectivity index (χ3n) is 2.40. The number of allylic oxidation sites excluding steroid dienone is 1. The quantitative estimate of drug-likeness (QED) is 0.647. The lowest BCUT2D eigenvalue weighted by Gasteiger charge is -2.14. The van der Waals surface area contributed by atoms with Crippen LogP contribution in [0.25, 0.3) is 0 Å². The van der Waals surface area contributed by atoms with E-state index in [-0.39, 0.29) is 6.10 Å². The molecule has 0 radical (unpaired) electrons. The van der Waals surface area contributed by atoms with Gasteiger partial charge in [0.25, 0.3) is 0 Å². The Morgan fingerprint density at radius 2 is 2.27 bits per heavy atom. The van der Waals surface area contributed by atoms with Crippen LogP contribution in [0.3, 0.4) is 0 Å². The average Bonchev–Trinajstić information content (AvgIpc) is 2.29. The molecule has 0 spiro atoms. The lowest BCUT2D eigenvalue weighted by Crippen LogP contribution is -2.12. The molecular weight excluding hydrogens is 186 g/mol. The fourth-order valence-corrected chi connectivity index (χ4v) is 1.57. The maximum atomic E-state index is 9.66. The summed E-state index contributed by atoms with van der Waals surface area (Å²) in [6, 6.07) is 5.63. The molecule has 1 aliphatic carbocycles. The van der Waals surface area contributed by atoms with Crippen molar-refractivity contribution in [3.63, 3.8) is 0 Å². The van der Waals surface area contributed by atoms with Crippen LogP contribution >= 0.6 is 0 Å². The normalized spacial score (nSPS) is 20.1. The minimum atomic E-state index is -0.380. The Morgan fingerprint density at radius 3 is 3.00 bits per heavy atom. The molecular formula is C13H13NO. The van der Waals surface area contributed by atoms with E-state index in [9.17, 15) is 5.11 Å². The highest BCUT2D eigenvalue weighted by Crippen LogP contribution is 2.17. The molecule has 0 saturated carbocycles. The Labute approximate surface area is 89.7 Å². The van der Waals surface area contributed by atoms with E-state index in [0.717, 1.165) is 30.5 Å². The second-order valence-corrected chi connectivity index (χ2v) is 3.57. The van der Waals surface area contributed by atoms with Crippen LogP contribution in [0.15, 0.2) is 36.0 Å². The monoisotopic (exact) mass is 199 g/mol. The molecule has 0 bridgehead atoms. The third-order valence-corrected chi connectivity index (χ3v) is 2.40. The van der Waals surface area contributed by atoms with Crippen molar-refractivity contribution < 1.29 is 5.11 Å². The van der Waals surface area contributed by atoms with Crippen molar-refractivity contribution in [2.24, 2.45) is 0 Å². The number of hydrogen-bond donors (Lipinski definition) is 1. The van der Waals surface area contributed by atoms with Crippen molar-refractivity contribution in [1.29, 1.82) is 0 Å². The summed E-state index contributed by atoms with van der Waals surface area (Å²) in [6.07, 6.45) is 6.25. The fourth-order valence-electron chi connectivity index (χ4n) is 1.57. The summed E-state index contributed by atoms with van der Waals surface area (Å²) in [5.74, 6) is 5.94. The Morgan fingerprint density at radius 1 is 1.33 bits per heavy atom. The highest BCUT2D eigenvalue weighted by molar-refractivity contribution is 5.39. The maximum absolute atomic E-state index is 9.66. The van der Waals surface area contributed by atoms with E-state index >= 15 is 0 Å². The number of aliphatic hydroxyl groups excluding tert-OH is 1. The first kappa shape index (κ1) is 9.95. The van der Waals surface area contributed by atoms with Crippen molar-refractivity contribution in [3.8, 4) is 11.8 Å². The standard InChI is InChI=1S/C13H13NO/c15-13-7-2-1-5-11(13)8-9-12-6-3-4-10-14-12/h3-6,10,13,15H,1-2,7H2. The van der Waals surface area contributed by atoms with Gasteiger partial charge in [-0.15, -0.1) is 0 Å². The molecule has 0 saturated heterocycles. The molecule has 1 aromatic rings. The van der Waals surface area contributed by atoms with E-state index in [1.807, 2.05) is 24.3 Å². The van der Waals surface area contributed by atoms with Crippen LogP contribution in [-0.2, 0) is 0 Å². The Balaban J connectivity index is 2.15. The highest BCUT2D eigenvalue weighted by atomic mass is 16.3. The summed E-state index contributed by atoms with van der Waals surface area (Å²) in [6.45, 7) is 0. The van der Waals surface area contributed by atoms with Crippen LogP contribution < -0.4 is 0 Å². The van der Waals surface area contributed by atoms with Crippen molar-refractivity contribution >= 4 is 0 Å². The molecule has 1 N–H and O–H groups in total. The van der Waals surface area contributed by atoms with Gasteiger partial charge >= 0.3 is 0 Å². The molecule has 1 unspecified atom stereocenters. The highest BCUT2D eigenvalue weighted by Gasteiger charge is 2.11.